The second-order valence-corrected chi connectivity index (χ2v) is 6.11. The van der Waals surface area contributed by atoms with E-state index in [9.17, 15) is 0 Å². The number of thioether (sulfide) groups is 1. The van der Waals surface area contributed by atoms with E-state index < -0.39 is 0 Å². The number of pyridine rings is 1. The molecule has 1 aliphatic rings. The molecule has 5 heteroatoms. The van der Waals surface area contributed by atoms with Gasteiger partial charge in [0, 0.05) is 11.3 Å². The van der Waals surface area contributed by atoms with Crippen molar-refractivity contribution in [1.82, 2.24) is 4.98 Å². The Kier molecular flexibility index (Phi) is 3.14. The summed E-state index contributed by atoms with van der Waals surface area (Å²) in [5.41, 5.74) is 11.8. The summed E-state index contributed by atoms with van der Waals surface area (Å²) in [6, 6.07) is 3.66. The Labute approximate surface area is 100 Å². The summed E-state index contributed by atoms with van der Waals surface area (Å²) in [6.07, 6.45) is 2.56. The lowest BCUT2D eigenvalue weighted by atomic mass is 10.1. The van der Waals surface area contributed by atoms with Crippen molar-refractivity contribution in [3.63, 3.8) is 0 Å². The van der Waals surface area contributed by atoms with Gasteiger partial charge >= 0.3 is 0 Å². The Hall–Kier alpha value is -1.10. The van der Waals surface area contributed by atoms with Crippen molar-refractivity contribution in [2.45, 2.75) is 24.5 Å². The third-order valence-corrected chi connectivity index (χ3v) is 4.44. The van der Waals surface area contributed by atoms with Crippen LogP contribution in [0, 0.1) is 0 Å². The summed E-state index contributed by atoms with van der Waals surface area (Å²) in [5.74, 6) is 2.46. The highest BCUT2D eigenvalue weighted by molar-refractivity contribution is 8.00. The van der Waals surface area contributed by atoms with Crippen molar-refractivity contribution in [2.75, 3.05) is 29.1 Å². The molecular formula is C11H18N4S. The van der Waals surface area contributed by atoms with Crippen LogP contribution in [0.15, 0.2) is 12.1 Å². The first-order chi connectivity index (χ1) is 7.59. The van der Waals surface area contributed by atoms with Gasteiger partial charge in [0.1, 0.15) is 11.6 Å². The van der Waals surface area contributed by atoms with Crippen molar-refractivity contribution >= 4 is 29.1 Å². The van der Waals surface area contributed by atoms with Crippen molar-refractivity contribution in [2.24, 2.45) is 0 Å². The standard InChI is InChI=1S/C11H18N4S/c1-11(5-2-6-16-11)7-14-9-4-3-8(12)10(13)15-9/h3-4H,2,5-7,12H2,1H3,(H3,13,14,15). The third-order valence-electron chi connectivity index (χ3n) is 2.90. The largest absolute Gasteiger partial charge is 0.396 e. The molecule has 0 aliphatic carbocycles. The number of aromatic nitrogens is 1. The molecule has 1 unspecified atom stereocenters. The number of nitrogens with zero attached hydrogens (tertiary/aromatic N) is 1. The van der Waals surface area contributed by atoms with Crippen LogP contribution in [0.5, 0.6) is 0 Å². The van der Waals surface area contributed by atoms with Crippen molar-refractivity contribution < 1.29 is 0 Å². The zero-order chi connectivity index (χ0) is 11.6. The minimum absolute atomic E-state index is 0.331. The zero-order valence-electron chi connectivity index (χ0n) is 9.49. The maximum absolute atomic E-state index is 5.66. The number of rotatable bonds is 3. The molecule has 0 aromatic carbocycles. The average molecular weight is 238 g/mol. The van der Waals surface area contributed by atoms with Crippen LogP contribution in [0.2, 0.25) is 0 Å². The molecule has 1 aromatic rings. The molecule has 2 rings (SSSR count). The van der Waals surface area contributed by atoms with E-state index in [2.05, 4.69) is 17.2 Å². The summed E-state index contributed by atoms with van der Waals surface area (Å²) in [4.78, 5) is 4.20. The summed E-state index contributed by atoms with van der Waals surface area (Å²) in [5, 5.41) is 3.33. The molecule has 0 saturated carbocycles. The van der Waals surface area contributed by atoms with Crippen LogP contribution in [-0.4, -0.2) is 22.0 Å². The van der Waals surface area contributed by atoms with E-state index in [1.807, 2.05) is 17.8 Å². The predicted molar refractivity (Wildman–Crippen MR) is 71.6 cm³/mol. The molecule has 0 spiro atoms. The quantitative estimate of drug-likeness (QED) is 0.750. The zero-order valence-corrected chi connectivity index (χ0v) is 10.3. The molecule has 1 atom stereocenters. The fourth-order valence-electron chi connectivity index (χ4n) is 1.84. The van der Waals surface area contributed by atoms with Crippen LogP contribution >= 0.6 is 11.8 Å². The van der Waals surface area contributed by atoms with E-state index >= 15 is 0 Å². The van der Waals surface area contributed by atoms with Gasteiger partial charge in [-0.2, -0.15) is 11.8 Å². The Balaban J connectivity index is 1.96. The molecule has 0 bridgehead atoms. The van der Waals surface area contributed by atoms with Gasteiger partial charge in [-0.05, 0) is 37.7 Å². The van der Waals surface area contributed by atoms with Crippen LogP contribution in [0.1, 0.15) is 19.8 Å². The third kappa shape index (κ3) is 2.52. The van der Waals surface area contributed by atoms with Gasteiger partial charge in [-0.1, -0.05) is 0 Å². The SMILES string of the molecule is CC1(CNc2ccc(N)c(N)n2)CCCS1. The van der Waals surface area contributed by atoms with Crippen molar-refractivity contribution in [3.05, 3.63) is 12.1 Å². The van der Waals surface area contributed by atoms with Crippen LogP contribution in [0.3, 0.4) is 0 Å². The fraction of sp³-hybridized carbons (Fsp3) is 0.545. The van der Waals surface area contributed by atoms with Gasteiger partial charge in [-0.25, -0.2) is 4.98 Å². The minimum Gasteiger partial charge on any atom is -0.396 e. The number of nitrogens with two attached hydrogens (primary N) is 2. The molecule has 16 heavy (non-hydrogen) atoms. The lowest BCUT2D eigenvalue weighted by molar-refractivity contribution is 0.634. The van der Waals surface area contributed by atoms with E-state index in [1.165, 1.54) is 18.6 Å². The van der Waals surface area contributed by atoms with Crippen LogP contribution in [0.4, 0.5) is 17.3 Å². The maximum Gasteiger partial charge on any atom is 0.149 e. The monoisotopic (exact) mass is 238 g/mol. The second kappa shape index (κ2) is 4.41. The van der Waals surface area contributed by atoms with Crippen LogP contribution < -0.4 is 16.8 Å². The normalized spacial score (nSPS) is 24.6. The summed E-state index contributed by atoms with van der Waals surface area (Å²) >= 11 is 2.03. The maximum atomic E-state index is 5.66. The van der Waals surface area contributed by atoms with Gasteiger partial charge in [-0.3, -0.25) is 0 Å². The predicted octanol–water partition coefficient (Wildman–Crippen LogP) is 1.94. The molecule has 1 aromatic heterocycles. The number of hydrogen-bond acceptors (Lipinski definition) is 5. The molecule has 1 saturated heterocycles. The van der Waals surface area contributed by atoms with E-state index in [0.717, 1.165) is 12.4 Å². The van der Waals surface area contributed by atoms with Gasteiger partial charge in [0.15, 0.2) is 0 Å². The Bertz CT molecular complexity index is 374. The Morgan fingerprint density at radius 2 is 2.31 bits per heavy atom. The van der Waals surface area contributed by atoms with E-state index in [-0.39, 0.29) is 0 Å². The molecule has 1 fully saturated rings. The molecule has 2 heterocycles. The van der Waals surface area contributed by atoms with E-state index in [1.54, 1.807) is 6.07 Å². The molecule has 5 N–H and O–H groups in total. The summed E-state index contributed by atoms with van der Waals surface area (Å²) < 4.78 is 0.331. The average Bonchev–Trinajstić information content (AvgIpc) is 2.68. The Morgan fingerprint density at radius 3 is 2.94 bits per heavy atom. The van der Waals surface area contributed by atoms with Gasteiger partial charge in [-0.15, -0.1) is 0 Å². The second-order valence-electron chi connectivity index (χ2n) is 4.43. The highest BCUT2D eigenvalue weighted by Crippen LogP contribution is 2.37. The number of hydrogen-bond donors (Lipinski definition) is 3. The topological polar surface area (TPSA) is 77.0 Å². The first-order valence-corrected chi connectivity index (χ1v) is 6.47. The molecule has 1 aliphatic heterocycles. The summed E-state index contributed by atoms with van der Waals surface area (Å²) in [7, 11) is 0. The molecular weight excluding hydrogens is 220 g/mol. The van der Waals surface area contributed by atoms with Gasteiger partial charge < -0.3 is 16.8 Å². The highest BCUT2D eigenvalue weighted by Gasteiger charge is 2.29. The lowest BCUT2D eigenvalue weighted by Gasteiger charge is -2.23. The van der Waals surface area contributed by atoms with Crippen molar-refractivity contribution in [1.29, 1.82) is 0 Å². The van der Waals surface area contributed by atoms with Crippen molar-refractivity contribution in [3.8, 4) is 0 Å². The number of anilines is 3. The summed E-state index contributed by atoms with van der Waals surface area (Å²) in [6.45, 7) is 3.21. The van der Waals surface area contributed by atoms with Gasteiger partial charge in [0.2, 0.25) is 0 Å². The molecule has 88 valence electrons. The number of nitrogens with one attached hydrogen (secondary N) is 1. The molecule has 0 radical (unpaired) electrons. The van der Waals surface area contributed by atoms with Gasteiger partial charge in [0.25, 0.3) is 0 Å². The first-order valence-electron chi connectivity index (χ1n) is 5.49. The molecule has 0 amide bonds. The minimum atomic E-state index is 0.331. The number of nitrogen functional groups attached to an aromatic ring is 2. The van der Waals surface area contributed by atoms with E-state index in [0.29, 0.717) is 16.3 Å². The fourth-order valence-corrected chi connectivity index (χ4v) is 3.08. The Morgan fingerprint density at radius 1 is 1.50 bits per heavy atom. The van der Waals surface area contributed by atoms with Gasteiger partial charge in [0.05, 0.1) is 5.69 Å². The smallest absolute Gasteiger partial charge is 0.149 e. The van der Waals surface area contributed by atoms with Crippen LogP contribution in [-0.2, 0) is 0 Å². The highest BCUT2D eigenvalue weighted by atomic mass is 32.2. The van der Waals surface area contributed by atoms with E-state index in [4.69, 9.17) is 11.5 Å². The van der Waals surface area contributed by atoms with Crippen LogP contribution in [0.25, 0.3) is 0 Å². The molecule has 4 nitrogen and oxygen atoms in total. The lowest BCUT2D eigenvalue weighted by Crippen LogP contribution is -2.27. The first kappa shape index (κ1) is 11.4.